The minimum absolute atomic E-state index is 0.107. The van der Waals surface area contributed by atoms with Crippen LogP contribution in [0.4, 0.5) is 0 Å². The van der Waals surface area contributed by atoms with E-state index in [1.165, 1.54) is 225 Å². The fourth-order valence-corrected chi connectivity index (χ4v) is 14.3. The summed E-state index contributed by atoms with van der Waals surface area (Å²) in [6, 6.07) is 0. The lowest BCUT2D eigenvalue weighted by molar-refractivity contribution is -0.161. The van der Waals surface area contributed by atoms with E-state index in [4.69, 9.17) is 37.0 Å². The Balaban J connectivity index is 5.24. The van der Waals surface area contributed by atoms with E-state index >= 15 is 0 Å². The highest BCUT2D eigenvalue weighted by Crippen LogP contribution is 2.45. The molecular formula is C83H162O17P2. The van der Waals surface area contributed by atoms with Gasteiger partial charge in [-0.3, -0.25) is 37.3 Å². The number of carbonyl (C=O) groups excluding carboxylic acids is 4. The second kappa shape index (κ2) is 72.0. The van der Waals surface area contributed by atoms with Crippen molar-refractivity contribution in [1.29, 1.82) is 0 Å². The van der Waals surface area contributed by atoms with Crippen LogP contribution in [0, 0.1) is 23.7 Å². The largest absolute Gasteiger partial charge is 0.472 e. The molecule has 0 aliphatic heterocycles. The normalized spacial score (nSPS) is 14.3. The van der Waals surface area contributed by atoms with E-state index in [9.17, 15) is 43.2 Å². The summed E-state index contributed by atoms with van der Waals surface area (Å²) in [6.07, 6.45) is 59.7. The summed E-state index contributed by atoms with van der Waals surface area (Å²) in [5, 5.41) is 10.7. The summed E-state index contributed by atoms with van der Waals surface area (Å²) in [5.41, 5.74) is 0. The molecule has 0 saturated carbocycles. The molecule has 0 aliphatic rings. The maximum absolute atomic E-state index is 13.1. The van der Waals surface area contributed by atoms with Gasteiger partial charge in [0.15, 0.2) is 12.2 Å². The first-order valence-corrected chi connectivity index (χ1v) is 45.7. The first-order valence-electron chi connectivity index (χ1n) is 42.7. The lowest BCUT2D eigenvalue weighted by Gasteiger charge is -2.21. The highest BCUT2D eigenvalue weighted by Gasteiger charge is 2.30. The zero-order chi connectivity index (χ0) is 75.3. The molecule has 0 saturated heterocycles. The van der Waals surface area contributed by atoms with Gasteiger partial charge in [-0.25, -0.2) is 9.13 Å². The van der Waals surface area contributed by atoms with Crippen LogP contribution < -0.4 is 0 Å². The number of esters is 4. The SMILES string of the molecule is CCC(C)CCCCCCCCC(=O)OC[C@H](COP(=O)(O)OC[C@H](O)COP(=O)(O)OC[C@@H](COC(=O)CCCCCCCCCCCCCCCCC(C)C)OC(=O)CCCCCCCCCCCCCCCCC(C)C)OC(=O)CCCCCCCCCCCCCCCCCC(C)C. The molecule has 606 valence electrons. The van der Waals surface area contributed by atoms with Crippen LogP contribution in [-0.2, 0) is 65.4 Å². The van der Waals surface area contributed by atoms with Crippen LogP contribution in [0.25, 0.3) is 0 Å². The molecule has 3 unspecified atom stereocenters. The van der Waals surface area contributed by atoms with Crippen LogP contribution in [0.15, 0.2) is 0 Å². The van der Waals surface area contributed by atoms with Crippen LogP contribution in [0.3, 0.4) is 0 Å². The number of aliphatic hydroxyl groups excluding tert-OH is 1. The number of hydrogen-bond donors (Lipinski definition) is 3. The summed E-state index contributed by atoms with van der Waals surface area (Å²) in [7, 11) is -9.93. The Labute approximate surface area is 626 Å². The van der Waals surface area contributed by atoms with Crippen LogP contribution in [-0.4, -0.2) is 96.7 Å². The number of aliphatic hydroxyl groups is 1. The van der Waals surface area contributed by atoms with Gasteiger partial charge in [-0.05, 0) is 49.4 Å². The zero-order valence-corrected chi connectivity index (χ0v) is 69.0. The molecule has 0 aromatic heterocycles. The van der Waals surface area contributed by atoms with E-state index in [0.717, 1.165) is 120 Å². The highest BCUT2D eigenvalue weighted by molar-refractivity contribution is 7.47. The molecule has 0 aromatic rings. The third kappa shape index (κ3) is 74.9. The van der Waals surface area contributed by atoms with E-state index in [1.54, 1.807) is 0 Å². The number of hydrogen-bond acceptors (Lipinski definition) is 15. The summed E-state index contributed by atoms with van der Waals surface area (Å²) in [4.78, 5) is 73.1. The van der Waals surface area contributed by atoms with Crippen molar-refractivity contribution in [3.05, 3.63) is 0 Å². The Bertz CT molecular complexity index is 1990. The average Bonchev–Trinajstić information content (AvgIpc) is 0.909. The first-order chi connectivity index (χ1) is 49.1. The van der Waals surface area contributed by atoms with Gasteiger partial charge in [0, 0.05) is 25.7 Å². The minimum atomic E-state index is -4.96. The van der Waals surface area contributed by atoms with E-state index < -0.39 is 97.5 Å². The van der Waals surface area contributed by atoms with Crippen molar-refractivity contribution in [1.82, 2.24) is 0 Å². The molecule has 3 N–H and O–H groups in total. The number of rotatable bonds is 80. The van der Waals surface area contributed by atoms with E-state index in [1.807, 2.05) is 0 Å². The summed E-state index contributed by atoms with van der Waals surface area (Å²) in [5.74, 6) is 1.02. The molecular weight excluding hydrogens is 1330 g/mol. The second-order valence-electron chi connectivity index (χ2n) is 31.5. The van der Waals surface area contributed by atoms with Gasteiger partial charge >= 0.3 is 39.5 Å². The van der Waals surface area contributed by atoms with Gasteiger partial charge in [0.05, 0.1) is 26.4 Å². The third-order valence-corrected chi connectivity index (χ3v) is 21.6. The predicted molar refractivity (Wildman–Crippen MR) is 418 cm³/mol. The van der Waals surface area contributed by atoms with Gasteiger partial charge in [0.1, 0.15) is 19.3 Å². The van der Waals surface area contributed by atoms with Gasteiger partial charge in [-0.2, -0.15) is 0 Å². The number of unbranched alkanes of at least 4 members (excludes halogenated alkanes) is 45. The van der Waals surface area contributed by atoms with Gasteiger partial charge in [0.25, 0.3) is 0 Å². The van der Waals surface area contributed by atoms with Crippen LogP contribution in [0.2, 0.25) is 0 Å². The lowest BCUT2D eigenvalue weighted by atomic mass is 10.00. The number of phosphoric acid groups is 2. The quantitative estimate of drug-likeness (QED) is 0.0222. The maximum atomic E-state index is 13.1. The van der Waals surface area contributed by atoms with Gasteiger partial charge < -0.3 is 33.8 Å². The molecule has 0 fully saturated rings. The minimum Gasteiger partial charge on any atom is -0.462 e. The summed E-state index contributed by atoms with van der Waals surface area (Å²) >= 11 is 0. The van der Waals surface area contributed by atoms with E-state index in [0.29, 0.717) is 25.7 Å². The van der Waals surface area contributed by atoms with Crippen LogP contribution in [0.5, 0.6) is 0 Å². The predicted octanol–water partition coefficient (Wildman–Crippen LogP) is 24.8. The van der Waals surface area contributed by atoms with E-state index in [-0.39, 0.29) is 25.7 Å². The van der Waals surface area contributed by atoms with Crippen molar-refractivity contribution in [2.75, 3.05) is 39.6 Å². The average molecular weight is 1490 g/mol. The molecule has 0 aromatic carbocycles. The molecule has 19 heteroatoms. The van der Waals surface area contributed by atoms with Crippen molar-refractivity contribution < 1.29 is 80.2 Å². The maximum Gasteiger partial charge on any atom is 0.472 e. The fourth-order valence-electron chi connectivity index (χ4n) is 12.8. The highest BCUT2D eigenvalue weighted by atomic mass is 31.2. The molecule has 6 atom stereocenters. The third-order valence-electron chi connectivity index (χ3n) is 19.7. The standard InChI is InChI=1S/C83H162O17P2/c1-9-76(8)62-54-46-41-42-48-56-64-81(86)94-70-79(100-83(88)66-57-49-39-33-27-21-12-10-11-17-23-29-35-43-51-59-73(2)3)72-98-102(91,92)96-68-77(84)67-95-101(89,90)97-71-78(99-82(87)65-58-50-40-34-28-22-16-14-19-25-31-37-45-53-61-75(6)7)69-93-80(85)63-55-47-38-32-26-20-15-13-18-24-30-36-44-52-60-74(4)5/h73-79,84H,9-72H2,1-8H3,(H,89,90)(H,91,92)/t76?,77-,78-,79-/m1/s1. The Hall–Kier alpha value is -1.94. The Morgan fingerprint density at radius 1 is 0.275 bits per heavy atom. The monoisotopic (exact) mass is 1490 g/mol. The van der Waals surface area contributed by atoms with Gasteiger partial charge in [-0.1, -0.05) is 376 Å². The summed E-state index contributed by atoms with van der Waals surface area (Å²) in [6.45, 7) is 14.3. The topological polar surface area (TPSA) is 237 Å². The van der Waals surface area contributed by atoms with Crippen molar-refractivity contribution in [2.24, 2.45) is 23.7 Å². The number of phosphoric ester groups is 2. The first kappa shape index (κ1) is 100. The molecule has 0 radical (unpaired) electrons. The van der Waals surface area contributed by atoms with Crippen molar-refractivity contribution in [3.8, 4) is 0 Å². The molecule has 17 nitrogen and oxygen atoms in total. The molecule has 0 spiro atoms. The van der Waals surface area contributed by atoms with Gasteiger partial charge in [-0.15, -0.1) is 0 Å². The molecule has 0 rings (SSSR count). The van der Waals surface area contributed by atoms with Crippen LogP contribution in [0.1, 0.15) is 428 Å². The fraction of sp³-hybridized carbons (Fsp3) is 0.952. The molecule has 0 amide bonds. The molecule has 102 heavy (non-hydrogen) atoms. The lowest BCUT2D eigenvalue weighted by Crippen LogP contribution is -2.30. The molecule has 0 bridgehead atoms. The Morgan fingerprint density at radius 3 is 0.696 bits per heavy atom. The number of carbonyl (C=O) groups is 4. The Morgan fingerprint density at radius 2 is 0.471 bits per heavy atom. The number of ether oxygens (including phenoxy) is 4. The molecule has 0 heterocycles. The molecule has 0 aliphatic carbocycles. The Kier molecular flexibility index (Phi) is 70.6. The summed E-state index contributed by atoms with van der Waals surface area (Å²) < 4.78 is 68.8. The van der Waals surface area contributed by atoms with Crippen molar-refractivity contribution >= 4 is 39.5 Å². The van der Waals surface area contributed by atoms with E-state index in [2.05, 4.69) is 55.4 Å². The van der Waals surface area contributed by atoms with Crippen molar-refractivity contribution in [3.63, 3.8) is 0 Å². The van der Waals surface area contributed by atoms with Crippen molar-refractivity contribution in [2.45, 2.75) is 446 Å². The van der Waals surface area contributed by atoms with Crippen LogP contribution >= 0.6 is 15.6 Å². The van der Waals surface area contributed by atoms with Gasteiger partial charge in [0.2, 0.25) is 0 Å². The zero-order valence-electron chi connectivity index (χ0n) is 67.2. The smallest absolute Gasteiger partial charge is 0.462 e. The second-order valence-corrected chi connectivity index (χ2v) is 34.4.